The van der Waals surface area contributed by atoms with Crippen molar-refractivity contribution in [1.29, 1.82) is 0 Å². The fourth-order valence-corrected chi connectivity index (χ4v) is 1.42. The smallest absolute Gasteiger partial charge is 0.146 e. The first-order chi connectivity index (χ1) is 8.40. The first-order valence-electron chi connectivity index (χ1n) is 5.59. The highest BCUT2D eigenvalue weighted by atomic mass is 16.5. The summed E-state index contributed by atoms with van der Waals surface area (Å²) in [6.45, 7) is 2.57. The molecule has 2 aromatic carbocycles. The van der Waals surface area contributed by atoms with Crippen molar-refractivity contribution in [2.24, 2.45) is 10.2 Å². The number of nitrogens with zero attached hydrogens (tertiary/aromatic N) is 2. The lowest BCUT2D eigenvalue weighted by molar-refractivity contribution is 0.341. The molecule has 0 saturated carbocycles. The number of azo groups is 1. The molecule has 0 spiro atoms. The molecule has 0 aliphatic carbocycles. The van der Waals surface area contributed by atoms with Gasteiger partial charge in [-0.2, -0.15) is 5.11 Å². The SMILES string of the molecule is CCOc1ccccc1N=Nc1ccccc1. The Bertz CT molecular complexity index is 495. The van der Waals surface area contributed by atoms with Crippen molar-refractivity contribution in [3.63, 3.8) is 0 Å². The van der Waals surface area contributed by atoms with Crippen LogP contribution >= 0.6 is 0 Å². The summed E-state index contributed by atoms with van der Waals surface area (Å²) in [5.41, 5.74) is 1.58. The second kappa shape index (κ2) is 5.80. The second-order valence-electron chi connectivity index (χ2n) is 3.44. The van der Waals surface area contributed by atoms with Gasteiger partial charge in [0.1, 0.15) is 11.4 Å². The zero-order valence-electron chi connectivity index (χ0n) is 9.71. The fraction of sp³-hybridized carbons (Fsp3) is 0.143. The summed E-state index contributed by atoms with van der Waals surface area (Å²) < 4.78 is 5.47. The van der Waals surface area contributed by atoms with Crippen LogP contribution in [0.4, 0.5) is 11.4 Å². The fourth-order valence-electron chi connectivity index (χ4n) is 1.42. The lowest BCUT2D eigenvalue weighted by Gasteiger charge is -2.04. The van der Waals surface area contributed by atoms with E-state index in [0.717, 1.165) is 17.1 Å². The van der Waals surface area contributed by atoms with Crippen molar-refractivity contribution in [2.75, 3.05) is 6.61 Å². The Morgan fingerprint density at radius 2 is 1.59 bits per heavy atom. The summed E-state index contributed by atoms with van der Waals surface area (Å²) in [4.78, 5) is 0. The molecule has 0 heterocycles. The Labute approximate surface area is 101 Å². The van der Waals surface area contributed by atoms with Crippen molar-refractivity contribution < 1.29 is 4.74 Å². The molecule has 3 nitrogen and oxygen atoms in total. The predicted octanol–water partition coefficient (Wildman–Crippen LogP) is 4.50. The monoisotopic (exact) mass is 226 g/mol. The summed E-state index contributed by atoms with van der Waals surface area (Å²) in [6.07, 6.45) is 0. The van der Waals surface area contributed by atoms with Crippen molar-refractivity contribution >= 4 is 11.4 Å². The molecule has 0 N–H and O–H groups in total. The van der Waals surface area contributed by atoms with E-state index < -0.39 is 0 Å². The third-order valence-electron chi connectivity index (χ3n) is 2.19. The topological polar surface area (TPSA) is 34.0 Å². The summed E-state index contributed by atoms with van der Waals surface area (Å²) in [5.74, 6) is 0.759. The van der Waals surface area contributed by atoms with Crippen molar-refractivity contribution in [3.05, 3.63) is 54.6 Å². The first-order valence-corrected chi connectivity index (χ1v) is 5.59. The molecule has 3 heteroatoms. The number of hydrogen-bond acceptors (Lipinski definition) is 3. The molecule has 0 radical (unpaired) electrons. The Morgan fingerprint density at radius 1 is 0.882 bits per heavy atom. The average molecular weight is 226 g/mol. The number of rotatable bonds is 4. The molecule has 0 bridgehead atoms. The molecular weight excluding hydrogens is 212 g/mol. The zero-order chi connectivity index (χ0) is 11.9. The van der Waals surface area contributed by atoms with Gasteiger partial charge in [-0.25, -0.2) is 0 Å². The van der Waals surface area contributed by atoms with Crippen LogP contribution < -0.4 is 4.74 Å². The van der Waals surface area contributed by atoms with Gasteiger partial charge in [0.25, 0.3) is 0 Å². The molecule has 0 amide bonds. The van der Waals surface area contributed by atoms with Crippen LogP contribution in [0.1, 0.15) is 6.92 Å². The Kier molecular flexibility index (Phi) is 3.86. The van der Waals surface area contributed by atoms with Crippen LogP contribution in [0.2, 0.25) is 0 Å². The second-order valence-corrected chi connectivity index (χ2v) is 3.44. The van der Waals surface area contributed by atoms with E-state index in [1.165, 1.54) is 0 Å². The Balaban J connectivity index is 2.21. The van der Waals surface area contributed by atoms with E-state index in [2.05, 4.69) is 10.2 Å². The van der Waals surface area contributed by atoms with Gasteiger partial charge in [-0.3, -0.25) is 0 Å². The van der Waals surface area contributed by atoms with Gasteiger partial charge in [0.2, 0.25) is 0 Å². The molecule has 0 aromatic heterocycles. The zero-order valence-corrected chi connectivity index (χ0v) is 9.71. The number of hydrogen-bond donors (Lipinski definition) is 0. The molecular formula is C14H14N2O. The molecule has 0 aliphatic rings. The van der Waals surface area contributed by atoms with Crippen LogP contribution in [-0.2, 0) is 0 Å². The highest BCUT2D eigenvalue weighted by molar-refractivity contribution is 5.51. The standard InChI is InChI=1S/C14H14N2O/c1-2-17-14-11-7-6-10-13(14)16-15-12-8-4-3-5-9-12/h3-11H,2H2,1H3. The van der Waals surface area contributed by atoms with Gasteiger partial charge in [-0.15, -0.1) is 5.11 Å². The molecule has 0 saturated heterocycles. The van der Waals surface area contributed by atoms with Crippen molar-refractivity contribution in [3.8, 4) is 5.75 Å². The summed E-state index contributed by atoms with van der Waals surface area (Å²) in [5, 5.41) is 8.36. The van der Waals surface area contributed by atoms with Gasteiger partial charge in [0.15, 0.2) is 0 Å². The van der Waals surface area contributed by atoms with E-state index in [-0.39, 0.29) is 0 Å². The maximum absolute atomic E-state index is 5.47. The molecule has 2 aromatic rings. The number of ether oxygens (including phenoxy) is 1. The molecule has 86 valence electrons. The van der Waals surface area contributed by atoms with E-state index >= 15 is 0 Å². The summed E-state index contributed by atoms with van der Waals surface area (Å²) >= 11 is 0. The van der Waals surface area contributed by atoms with E-state index in [4.69, 9.17) is 4.74 Å². The van der Waals surface area contributed by atoms with Crippen LogP contribution in [0.3, 0.4) is 0 Å². The minimum atomic E-state index is 0.623. The lowest BCUT2D eigenvalue weighted by atomic mass is 10.3. The third kappa shape index (κ3) is 3.14. The van der Waals surface area contributed by atoms with Gasteiger partial charge in [0, 0.05) is 0 Å². The largest absolute Gasteiger partial charge is 0.492 e. The Morgan fingerprint density at radius 3 is 2.35 bits per heavy atom. The van der Waals surface area contributed by atoms with Crippen LogP contribution in [0.15, 0.2) is 64.8 Å². The molecule has 17 heavy (non-hydrogen) atoms. The highest BCUT2D eigenvalue weighted by Gasteiger charge is 1.99. The summed E-state index contributed by atoms with van der Waals surface area (Å²) in [7, 11) is 0. The molecule has 0 unspecified atom stereocenters. The lowest BCUT2D eigenvalue weighted by Crippen LogP contribution is -1.90. The van der Waals surface area contributed by atoms with E-state index in [9.17, 15) is 0 Å². The van der Waals surface area contributed by atoms with Crippen molar-refractivity contribution in [2.45, 2.75) is 6.92 Å². The van der Waals surface area contributed by atoms with Crippen molar-refractivity contribution in [1.82, 2.24) is 0 Å². The molecule has 2 rings (SSSR count). The van der Waals surface area contributed by atoms with Crippen LogP contribution in [-0.4, -0.2) is 6.61 Å². The third-order valence-corrected chi connectivity index (χ3v) is 2.19. The van der Waals surface area contributed by atoms with E-state index in [1.807, 2.05) is 61.5 Å². The van der Waals surface area contributed by atoms with Gasteiger partial charge in [-0.05, 0) is 31.2 Å². The maximum Gasteiger partial charge on any atom is 0.146 e. The Hall–Kier alpha value is -2.16. The van der Waals surface area contributed by atoms with Crippen LogP contribution in [0, 0.1) is 0 Å². The molecule has 0 atom stereocenters. The van der Waals surface area contributed by atoms with Gasteiger partial charge in [-0.1, -0.05) is 30.3 Å². The maximum atomic E-state index is 5.47. The van der Waals surface area contributed by atoms with Crippen LogP contribution in [0.5, 0.6) is 5.75 Å². The van der Waals surface area contributed by atoms with Gasteiger partial charge in [0.05, 0.1) is 12.3 Å². The van der Waals surface area contributed by atoms with Crippen LogP contribution in [0.25, 0.3) is 0 Å². The summed E-state index contributed by atoms with van der Waals surface area (Å²) in [6, 6.07) is 17.3. The average Bonchev–Trinajstić information content (AvgIpc) is 2.39. The van der Waals surface area contributed by atoms with Gasteiger partial charge >= 0.3 is 0 Å². The number of benzene rings is 2. The molecule has 0 aliphatic heterocycles. The van der Waals surface area contributed by atoms with Gasteiger partial charge < -0.3 is 4.74 Å². The van der Waals surface area contributed by atoms with E-state index in [1.54, 1.807) is 0 Å². The minimum absolute atomic E-state index is 0.623. The highest BCUT2D eigenvalue weighted by Crippen LogP contribution is 2.28. The predicted molar refractivity (Wildman–Crippen MR) is 68.2 cm³/mol. The normalized spacial score (nSPS) is 10.6. The minimum Gasteiger partial charge on any atom is -0.492 e. The number of para-hydroxylation sites is 1. The first kappa shape index (κ1) is 11.3. The quantitative estimate of drug-likeness (QED) is 0.706. The molecule has 0 fully saturated rings. The van der Waals surface area contributed by atoms with E-state index in [0.29, 0.717) is 6.61 Å².